The smallest absolute Gasteiger partial charge is 0.369 e. The maximum atomic E-state index is 12.9. The average molecular weight is 426 g/mol. The third-order valence-corrected chi connectivity index (χ3v) is 6.01. The second kappa shape index (κ2) is 8.16. The molecule has 0 bridgehead atoms. The van der Waals surface area contributed by atoms with E-state index < -0.39 is 21.6 Å². The minimum absolute atomic E-state index is 0.127. The van der Waals surface area contributed by atoms with Crippen molar-refractivity contribution in [3.8, 4) is 0 Å². The van der Waals surface area contributed by atoms with Crippen molar-refractivity contribution in [3.05, 3.63) is 59.7 Å². The molecule has 0 radical (unpaired) electrons. The summed E-state index contributed by atoms with van der Waals surface area (Å²) >= 11 is 0. The Bertz CT molecular complexity index is 981. The van der Waals surface area contributed by atoms with Gasteiger partial charge in [0.1, 0.15) is 0 Å². The van der Waals surface area contributed by atoms with Gasteiger partial charge in [0, 0.05) is 43.7 Å². The summed E-state index contributed by atoms with van der Waals surface area (Å²) in [5, 5.41) is 0. The van der Waals surface area contributed by atoms with Gasteiger partial charge in [0.15, 0.2) is 15.6 Å². The van der Waals surface area contributed by atoms with Crippen LogP contribution in [0.15, 0.2) is 53.4 Å². The normalized spacial score (nSPS) is 16.1. The van der Waals surface area contributed by atoms with E-state index in [0.717, 1.165) is 18.4 Å². The van der Waals surface area contributed by atoms with Crippen LogP contribution >= 0.6 is 0 Å². The largest absolute Gasteiger partial charge is 0.416 e. The molecular formula is C20H21F3N2O3S. The Balaban J connectivity index is 1.58. The van der Waals surface area contributed by atoms with E-state index in [1.807, 2.05) is 9.80 Å². The van der Waals surface area contributed by atoms with Crippen molar-refractivity contribution in [1.82, 2.24) is 4.90 Å². The van der Waals surface area contributed by atoms with Gasteiger partial charge in [0.05, 0.1) is 17.0 Å². The fourth-order valence-corrected chi connectivity index (χ4v) is 3.86. The molecule has 1 heterocycles. The Hall–Kier alpha value is -2.39. The van der Waals surface area contributed by atoms with Crippen molar-refractivity contribution in [2.24, 2.45) is 0 Å². The number of ketones is 1. The number of nitrogens with zero attached hydrogens (tertiary/aromatic N) is 2. The number of sulfone groups is 1. The lowest BCUT2D eigenvalue weighted by molar-refractivity contribution is -0.137. The van der Waals surface area contributed by atoms with Crippen molar-refractivity contribution < 1.29 is 26.4 Å². The maximum absolute atomic E-state index is 12.9. The Morgan fingerprint density at radius 1 is 1.00 bits per heavy atom. The van der Waals surface area contributed by atoms with Crippen LogP contribution in [0.1, 0.15) is 15.9 Å². The van der Waals surface area contributed by atoms with Gasteiger partial charge < -0.3 is 4.90 Å². The highest BCUT2D eigenvalue weighted by molar-refractivity contribution is 7.90. The lowest BCUT2D eigenvalue weighted by Crippen LogP contribution is -2.48. The number of carbonyl (C=O) groups excluding carboxylic acids is 1. The van der Waals surface area contributed by atoms with Crippen LogP contribution < -0.4 is 4.90 Å². The summed E-state index contributed by atoms with van der Waals surface area (Å²) in [6.07, 6.45) is -3.27. The predicted octanol–water partition coefficient (Wildman–Crippen LogP) is 3.11. The predicted molar refractivity (Wildman–Crippen MR) is 104 cm³/mol. The Labute approximate surface area is 167 Å². The molecule has 0 aliphatic carbocycles. The van der Waals surface area contributed by atoms with E-state index in [2.05, 4.69) is 0 Å². The lowest BCUT2D eigenvalue weighted by atomic mass is 10.1. The topological polar surface area (TPSA) is 57.7 Å². The molecule has 0 N–H and O–H groups in total. The summed E-state index contributed by atoms with van der Waals surface area (Å²) in [6, 6.07) is 11.1. The van der Waals surface area contributed by atoms with Gasteiger partial charge in [0.25, 0.3) is 0 Å². The van der Waals surface area contributed by atoms with Gasteiger partial charge in [-0.25, -0.2) is 8.42 Å². The molecule has 0 aromatic heterocycles. The van der Waals surface area contributed by atoms with Crippen molar-refractivity contribution >= 4 is 21.3 Å². The van der Waals surface area contributed by atoms with Gasteiger partial charge in [-0.15, -0.1) is 0 Å². The summed E-state index contributed by atoms with van der Waals surface area (Å²) in [4.78, 5) is 16.4. The minimum Gasteiger partial charge on any atom is -0.369 e. The van der Waals surface area contributed by atoms with Crippen molar-refractivity contribution in [3.63, 3.8) is 0 Å². The molecule has 29 heavy (non-hydrogen) atoms. The number of benzene rings is 2. The average Bonchev–Trinajstić information content (AvgIpc) is 2.67. The molecule has 1 aliphatic rings. The van der Waals surface area contributed by atoms with Gasteiger partial charge in [-0.1, -0.05) is 18.2 Å². The fraction of sp³-hybridized carbons (Fsp3) is 0.350. The van der Waals surface area contributed by atoms with Crippen molar-refractivity contribution in [2.45, 2.75) is 11.1 Å². The molecule has 0 amide bonds. The molecule has 0 atom stereocenters. The van der Waals surface area contributed by atoms with Crippen LogP contribution in [0.5, 0.6) is 0 Å². The quantitative estimate of drug-likeness (QED) is 0.688. The Morgan fingerprint density at radius 3 is 2.17 bits per heavy atom. The summed E-state index contributed by atoms with van der Waals surface area (Å²) in [5.74, 6) is -0.127. The van der Waals surface area contributed by atoms with Crippen LogP contribution in [0, 0.1) is 0 Å². The Kier molecular flexibility index (Phi) is 6.00. The SMILES string of the molecule is CS(=O)(=O)c1ccc(C(=O)CN2CCN(c3cccc(C(F)(F)F)c3)CC2)cc1. The van der Waals surface area contributed by atoms with E-state index in [0.29, 0.717) is 37.4 Å². The number of alkyl halides is 3. The van der Waals surface area contributed by atoms with Gasteiger partial charge in [-0.05, 0) is 30.3 Å². The number of anilines is 1. The van der Waals surface area contributed by atoms with Crippen LogP contribution in [0.4, 0.5) is 18.9 Å². The van der Waals surface area contributed by atoms with Crippen LogP contribution in [-0.2, 0) is 16.0 Å². The van der Waals surface area contributed by atoms with Crippen LogP contribution in [0.2, 0.25) is 0 Å². The lowest BCUT2D eigenvalue weighted by Gasteiger charge is -2.36. The molecule has 2 aromatic rings. The molecular weight excluding hydrogens is 405 g/mol. The second-order valence-corrected chi connectivity index (χ2v) is 9.05. The zero-order chi connectivity index (χ0) is 21.2. The first-order valence-corrected chi connectivity index (χ1v) is 10.9. The third-order valence-electron chi connectivity index (χ3n) is 4.88. The first kappa shape index (κ1) is 21.3. The highest BCUT2D eigenvalue weighted by Crippen LogP contribution is 2.31. The molecule has 156 valence electrons. The number of piperazine rings is 1. The van der Waals surface area contributed by atoms with Crippen LogP contribution in [0.3, 0.4) is 0 Å². The molecule has 3 rings (SSSR count). The van der Waals surface area contributed by atoms with E-state index in [9.17, 15) is 26.4 Å². The highest BCUT2D eigenvalue weighted by Gasteiger charge is 2.31. The third kappa shape index (κ3) is 5.36. The van der Waals surface area contributed by atoms with Gasteiger partial charge >= 0.3 is 6.18 Å². The van der Waals surface area contributed by atoms with E-state index in [1.54, 1.807) is 6.07 Å². The summed E-state index contributed by atoms with van der Waals surface area (Å²) < 4.78 is 61.7. The molecule has 0 saturated carbocycles. The van der Waals surface area contributed by atoms with Crippen molar-refractivity contribution in [2.75, 3.05) is 43.9 Å². The van der Waals surface area contributed by atoms with E-state index in [4.69, 9.17) is 0 Å². The number of rotatable bonds is 5. The zero-order valence-electron chi connectivity index (χ0n) is 15.8. The van der Waals surface area contributed by atoms with E-state index in [1.165, 1.54) is 30.3 Å². The summed E-state index contributed by atoms with van der Waals surface area (Å²) in [5.41, 5.74) is 0.269. The summed E-state index contributed by atoms with van der Waals surface area (Å²) in [7, 11) is -3.32. The minimum atomic E-state index is -4.38. The molecule has 5 nitrogen and oxygen atoms in total. The second-order valence-electron chi connectivity index (χ2n) is 7.03. The maximum Gasteiger partial charge on any atom is 0.416 e. The van der Waals surface area contributed by atoms with E-state index >= 15 is 0 Å². The molecule has 0 spiro atoms. The molecule has 1 aliphatic heterocycles. The van der Waals surface area contributed by atoms with Crippen molar-refractivity contribution in [1.29, 1.82) is 0 Å². The number of hydrogen-bond donors (Lipinski definition) is 0. The van der Waals surface area contributed by atoms with Crippen LogP contribution in [-0.4, -0.2) is 58.1 Å². The Morgan fingerprint density at radius 2 is 1.62 bits per heavy atom. The molecule has 0 unspecified atom stereocenters. The van der Waals surface area contributed by atoms with Gasteiger partial charge in [0.2, 0.25) is 0 Å². The molecule has 2 aromatic carbocycles. The van der Waals surface area contributed by atoms with Crippen LogP contribution in [0.25, 0.3) is 0 Å². The fourth-order valence-electron chi connectivity index (χ4n) is 3.23. The summed E-state index contributed by atoms with van der Waals surface area (Å²) in [6.45, 7) is 2.30. The molecule has 1 fully saturated rings. The number of Topliss-reactive ketones (excluding diaryl/α,β-unsaturated/α-hetero) is 1. The molecule has 9 heteroatoms. The van der Waals surface area contributed by atoms with Gasteiger partial charge in [-0.2, -0.15) is 13.2 Å². The van der Waals surface area contributed by atoms with E-state index in [-0.39, 0.29) is 17.2 Å². The number of hydrogen-bond acceptors (Lipinski definition) is 5. The first-order chi connectivity index (χ1) is 13.5. The standard InChI is InChI=1S/C20H21F3N2O3S/c1-29(27,28)18-7-5-15(6-8-18)19(26)14-24-9-11-25(12-10-24)17-4-2-3-16(13-17)20(21,22)23/h2-8,13H,9-12,14H2,1H3. The molecule has 1 saturated heterocycles. The monoisotopic (exact) mass is 426 g/mol. The zero-order valence-corrected chi connectivity index (χ0v) is 16.6. The number of halogens is 3. The number of carbonyl (C=O) groups is 1. The van der Waals surface area contributed by atoms with Gasteiger partial charge in [-0.3, -0.25) is 9.69 Å². The first-order valence-electron chi connectivity index (χ1n) is 9.02. The highest BCUT2D eigenvalue weighted by atomic mass is 32.2.